The van der Waals surface area contributed by atoms with Crippen molar-refractivity contribution in [2.45, 2.75) is 31.8 Å². The van der Waals surface area contributed by atoms with Crippen molar-refractivity contribution in [1.29, 1.82) is 0 Å². The van der Waals surface area contributed by atoms with Crippen LogP contribution in [0.25, 0.3) is 0 Å². The molecule has 0 fully saturated rings. The highest BCUT2D eigenvalue weighted by Crippen LogP contribution is 2.24. The molecule has 0 aliphatic rings. The molecule has 1 heterocycles. The maximum Gasteiger partial charge on any atom is 0.263 e. The minimum atomic E-state index is -3.62. The second-order valence-corrected chi connectivity index (χ2v) is 7.32. The number of anilines is 1. The molecule has 0 saturated carbocycles. The third-order valence-electron chi connectivity index (χ3n) is 3.26. The lowest BCUT2D eigenvalue weighted by Gasteiger charge is -2.09. The third kappa shape index (κ3) is 3.48. The summed E-state index contributed by atoms with van der Waals surface area (Å²) in [6.45, 7) is 4.78. The van der Waals surface area contributed by atoms with Crippen molar-refractivity contribution in [3.05, 3.63) is 46.2 Å². The molecular formula is C14H18BrN3O2S. The molecule has 2 rings (SSSR count). The summed E-state index contributed by atoms with van der Waals surface area (Å²) in [4.78, 5) is 0.226. The minimum Gasteiger partial charge on any atom is -0.349 e. The summed E-state index contributed by atoms with van der Waals surface area (Å²) >= 11 is 3.34. The van der Waals surface area contributed by atoms with E-state index in [0.29, 0.717) is 18.8 Å². The van der Waals surface area contributed by atoms with Crippen LogP contribution in [0, 0.1) is 6.92 Å². The topological polar surface area (TPSA) is 77.1 Å². The van der Waals surface area contributed by atoms with Gasteiger partial charge in [-0.2, -0.15) is 0 Å². The number of aryl methyl sites for hydroxylation is 2. The first-order valence-electron chi connectivity index (χ1n) is 6.55. The number of nitrogens with zero attached hydrogens (tertiary/aromatic N) is 1. The molecule has 114 valence electrons. The zero-order valence-corrected chi connectivity index (χ0v) is 14.3. The molecule has 0 unspecified atom stereocenters. The van der Waals surface area contributed by atoms with E-state index < -0.39 is 10.0 Å². The number of nitrogens with one attached hydrogen (secondary N) is 1. The van der Waals surface area contributed by atoms with Crippen LogP contribution in [0.3, 0.4) is 0 Å². The molecule has 0 spiro atoms. The van der Waals surface area contributed by atoms with Gasteiger partial charge < -0.3 is 10.3 Å². The van der Waals surface area contributed by atoms with E-state index in [9.17, 15) is 8.42 Å². The van der Waals surface area contributed by atoms with Crippen LogP contribution in [0.15, 0.2) is 39.8 Å². The Hall–Kier alpha value is -1.31. The molecule has 0 bridgehead atoms. The summed E-state index contributed by atoms with van der Waals surface area (Å²) in [5.41, 5.74) is 7.85. The van der Waals surface area contributed by atoms with Gasteiger partial charge in [-0.25, -0.2) is 8.42 Å². The lowest BCUT2D eigenvalue weighted by atomic mass is 10.2. The van der Waals surface area contributed by atoms with Crippen LogP contribution in [-0.4, -0.2) is 13.0 Å². The van der Waals surface area contributed by atoms with Crippen LogP contribution in [0.2, 0.25) is 0 Å². The molecule has 2 aromatic rings. The lowest BCUT2D eigenvalue weighted by Crippen LogP contribution is -2.13. The van der Waals surface area contributed by atoms with Gasteiger partial charge in [0, 0.05) is 29.5 Å². The number of rotatable bonds is 5. The Morgan fingerprint density at radius 3 is 2.62 bits per heavy atom. The van der Waals surface area contributed by atoms with Crippen molar-refractivity contribution >= 4 is 31.6 Å². The average Bonchev–Trinajstić information content (AvgIpc) is 2.86. The highest BCUT2D eigenvalue weighted by atomic mass is 79.9. The van der Waals surface area contributed by atoms with Crippen LogP contribution >= 0.6 is 15.9 Å². The minimum absolute atomic E-state index is 0.226. The second kappa shape index (κ2) is 6.21. The van der Waals surface area contributed by atoms with Crippen molar-refractivity contribution in [2.75, 3.05) is 4.72 Å². The predicted molar refractivity (Wildman–Crippen MR) is 87.7 cm³/mol. The van der Waals surface area contributed by atoms with E-state index in [1.165, 1.54) is 0 Å². The van der Waals surface area contributed by atoms with Crippen LogP contribution < -0.4 is 10.5 Å². The summed E-state index contributed by atoms with van der Waals surface area (Å²) < 4.78 is 30.2. The van der Waals surface area contributed by atoms with Crippen LogP contribution in [0.4, 0.5) is 5.69 Å². The van der Waals surface area contributed by atoms with Gasteiger partial charge in [-0.3, -0.25) is 4.72 Å². The first kappa shape index (κ1) is 16.1. The molecule has 0 amide bonds. The standard InChI is InChI=1S/C14H18BrN3O2S/c1-3-18-9-13(7-12(18)8-16)21(19,20)17-14-6-11(15)5-4-10(14)2/h4-7,9,17H,3,8,16H2,1-2H3. The summed E-state index contributed by atoms with van der Waals surface area (Å²) in [5, 5.41) is 0. The fourth-order valence-corrected chi connectivity index (χ4v) is 3.59. The van der Waals surface area contributed by atoms with Gasteiger partial charge in [0.25, 0.3) is 10.0 Å². The Labute approximate surface area is 133 Å². The van der Waals surface area contributed by atoms with E-state index in [4.69, 9.17) is 5.73 Å². The quantitative estimate of drug-likeness (QED) is 0.847. The van der Waals surface area contributed by atoms with Gasteiger partial charge in [0.2, 0.25) is 0 Å². The highest BCUT2D eigenvalue weighted by molar-refractivity contribution is 9.10. The Balaban J connectivity index is 2.38. The molecule has 0 saturated heterocycles. The Kier molecular flexibility index (Phi) is 4.75. The molecule has 1 aromatic carbocycles. The van der Waals surface area contributed by atoms with Gasteiger partial charge in [0.05, 0.1) is 5.69 Å². The lowest BCUT2D eigenvalue weighted by molar-refractivity contribution is 0.600. The number of halogens is 1. The average molecular weight is 372 g/mol. The van der Waals surface area contributed by atoms with Crippen LogP contribution in [0.5, 0.6) is 0 Å². The number of hydrogen-bond donors (Lipinski definition) is 2. The molecule has 21 heavy (non-hydrogen) atoms. The molecule has 0 aliphatic carbocycles. The summed E-state index contributed by atoms with van der Waals surface area (Å²) in [7, 11) is -3.62. The Morgan fingerprint density at radius 1 is 1.33 bits per heavy atom. The molecule has 0 atom stereocenters. The maximum absolute atomic E-state index is 12.5. The number of nitrogens with two attached hydrogens (primary N) is 1. The SMILES string of the molecule is CCn1cc(S(=O)(=O)Nc2cc(Br)ccc2C)cc1CN. The monoisotopic (exact) mass is 371 g/mol. The van der Waals surface area contributed by atoms with Gasteiger partial charge >= 0.3 is 0 Å². The zero-order chi connectivity index (χ0) is 15.6. The normalized spacial score (nSPS) is 11.6. The van der Waals surface area contributed by atoms with Gasteiger partial charge in [-0.1, -0.05) is 22.0 Å². The van der Waals surface area contributed by atoms with E-state index in [-0.39, 0.29) is 4.90 Å². The first-order valence-corrected chi connectivity index (χ1v) is 8.83. The van der Waals surface area contributed by atoms with E-state index in [0.717, 1.165) is 15.7 Å². The van der Waals surface area contributed by atoms with E-state index in [1.807, 2.05) is 30.5 Å². The molecule has 3 N–H and O–H groups in total. The highest BCUT2D eigenvalue weighted by Gasteiger charge is 2.18. The Morgan fingerprint density at radius 2 is 2.05 bits per heavy atom. The van der Waals surface area contributed by atoms with Crippen LogP contribution in [0.1, 0.15) is 18.2 Å². The van der Waals surface area contributed by atoms with E-state index >= 15 is 0 Å². The van der Waals surface area contributed by atoms with Gasteiger partial charge in [0.1, 0.15) is 4.90 Å². The van der Waals surface area contributed by atoms with Gasteiger partial charge in [-0.15, -0.1) is 0 Å². The number of sulfonamides is 1. The maximum atomic E-state index is 12.5. The van der Waals surface area contributed by atoms with Crippen LogP contribution in [-0.2, 0) is 23.1 Å². The predicted octanol–water partition coefficient (Wildman–Crippen LogP) is 2.84. The van der Waals surface area contributed by atoms with Gasteiger partial charge in [0.15, 0.2) is 0 Å². The molecule has 5 nitrogen and oxygen atoms in total. The molecular weight excluding hydrogens is 354 g/mol. The summed E-state index contributed by atoms with van der Waals surface area (Å²) in [5.74, 6) is 0. The van der Waals surface area contributed by atoms with Crippen molar-refractivity contribution in [3.8, 4) is 0 Å². The molecule has 0 radical (unpaired) electrons. The summed E-state index contributed by atoms with van der Waals surface area (Å²) in [6, 6.07) is 7.07. The van der Waals surface area contributed by atoms with Gasteiger partial charge in [-0.05, 0) is 37.6 Å². The first-order chi connectivity index (χ1) is 9.87. The zero-order valence-electron chi connectivity index (χ0n) is 11.9. The largest absolute Gasteiger partial charge is 0.349 e. The molecule has 1 aromatic heterocycles. The van der Waals surface area contributed by atoms with Crippen molar-refractivity contribution in [2.24, 2.45) is 5.73 Å². The third-order valence-corrected chi connectivity index (χ3v) is 5.09. The van der Waals surface area contributed by atoms with Crippen molar-refractivity contribution in [3.63, 3.8) is 0 Å². The second-order valence-electron chi connectivity index (χ2n) is 4.72. The summed E-state index contributed by atoms with van der Waals surface area (Å²) in [6.07, 6.45) is 1.61. The fraction of sp³-hybridized carbons (Fsp3) is 0.286. The van der Waals surface area contributed by atoms with E-state index in [1.54, 1.807) is 18.3 Å². The van der Waals surface area contributed by atoms with Crippen molar-refractivity contribution < 1.29 is 8.42 Å². The Bertz CT molecular complexity index is 732. The fourth-order valence-electron chi connectivity index (χ4n) is 2.05. The number of hydrogen-bond acceptors (Lipinski definition) is 3. The molecule has 0 aliphatic heterocycles. The van der Waals surface area contributed by atoms with E-state index in [2.05, 4.69) is 20.7 Å². The molecule has 7 heteroatoms. The number of aromatic nitrogens is 1. The smallest absolute Gasteiger partial charge is 0.263 e. The van der Waals surface area contributed by atoms with Crippen molar-refractivity contribution in [1.82, 2.24) is 4.57 Å². The number of benzene rings is 1.